The summed E-state index contributed by atoms with van der Waals surface area (Å²) >= 11 is 0. The second kappa shape index (κ2) is 7.72. The standard InChI is InChI=1S/C21H21FN4O/c1-27-19-7-3-6-18(11-19)24-21-23-12-16-14-26(9-8-20(16)25-21)13-15-4-2-5-17(22)10-15/h2-7,10-12H,8-9,13-14H2,1H3,(H,23,24,25). The molecule has 3 aromatic rings. The van der Waals surface area contributed by atoms with Crippen molar-refractivity contribution in [2.45, 2.75) is 19.5 Å². The van der Waals surface area contributed by atoms with Gasteiger partial charge in [0.1, 0.15) is 11.6 Å². The summed E-state index contributed by atoms with van der Waals surface area (Å²) in [5.41, 5.74) is 4.05. The summed E-state index contributed by atoms with van der Waals surface area (Å²) in [6, 6.07) is 14.4. The lowest BCUT2D eigenvalue weighted by atomic mass is 10.1. The zero-order valence-corrected chi connectivity index (χ0v) is 15.2. The Hall–Kier alpha value is -2.99. The summed E-state index contributed by atoms with van der Waals surface area (Å²) in [5.74, 6) is 1.17. The predicted molar refractivity (Wildman–Crippen MR) is 103 cm³/mol. The normalized spacial score (nSPS) is 13.9. The van der Waals surface area contributed by atoms with Crippen LogP contribution in [0.25, 0.3) is 0 Å². The molecular weight excluding hydrogens is 343 g/mol. The van der Waals surface area contributed by atoms with Crippen LogP contribution in [0, 0.1) is 5.82 Å². The number of nitrogens with zero attached hydrogens (tertiary/aromatic N) is 3. The Bertz CT molecular complexity index is 947. The molecule has 0 aliphatic carbocycles. The van der Waals surface area contributed by atoms with Crippen molar-refractivity contribution >= 4 is 11.6 Å². The fourth-order valence-electron chi connectivity index (χ4n) is 3.29. The third kappa shape index (κ3) is 4.23. The van der Waals surface area contributed by atoms with Crippen molar-refractivity contribution < 1.29 is 9.13 Å². The van der Waals surface area contributed by atoms with Crippen molar-refractivity contribution in [3.63, 3.8) is 0 Å². The van der Waals surface area contributed by atoms with Crippen molar-refractivity contribution in [2.75, 3.05) is 19.0 Å². The van der Waals surface area contributed by atoms with Gasteiger partial charge in [-0.05, 0) is 29.8 Å². The first-order valence-corrected chi connectivity index (χ1v) is 8.92. The Kier molecular flexibility index (Phi) is 4.98. The van der Waals surface area contributed by atoms with Crippen LogP contribution in [0.4, 0.5) is 16.0 Å². The highest BCUT2D eigenvalue weighted by Crippen LogP contribution is 2.23. The first kappa shape index (κ1) is 17.4. The highest BCUT2D eigenvalue weighted by Gasteiger charge is 2.18. The molecule has 2 heterocycles. The number of rotatable bonds is 5. The van der Waals surface area contributed by atoms with Gasteiger partial charge in [-0.3, -0.25) is 4.90 Å². The lowest BCUT2D eigenvalue weighted by Gasteiger charge is -2.28. The van der Waals surface area contributed by atoms with E-state index in [9.17, 15) is 4.39 Å². The molecule has 0 bridgehead atoms. The zero-order chi connectivity index (χ0) is 18.6. The molecule has 5 nitrogen and oxygen atoms in total. The van der Waals surface area contributed by atoms with E-state index in [-0.39, 0.29) is 5.82 Å². The first-order valence-electron chi connectivity index (χ1n) is 8.92. The third-order valence-electron chi connectivity index (χ3n) is 4.63. The molecule has 0 amide bonds. The molecule has 0 unspecified atom stereocenters. The van der Waals surface area contributed by atoms with Gasteiger partial charge in [-0.25, -0.2) is 14.4 Å². The van der Waals surface area contributed by atoms with E-state index < -0.39 is 0 Å². The maximum Gasteiger partial charge on any atom is 0.227 e. The number of anilines is 2. The Labute approximate surface area is 157 Å². The van der Waals surface area contributed by atoms with Crippen LogP contribution in [0.15, 0.2) is 54.7 Å². The molecule has 0 spiro atoms. The van der Waals surface area contributed by atoms with Gasteiger partial charge in [0.2, 0.25) is 5.95 Å². The molecule has 0 saturated heterocycles. The number of benzene rings is 2. The number of fused-ring (bicyclic) bond motifs is 1. The first-order chi connectivity index (χ1) is 13.2. The average Bonchev–Trinajstić information content (AvgIpc) is 2.68. The minimum Gasteiger partial charge on any atom is -0.497 e. The lowest BCUT2D eigenvalue weighted by Crippen LogP contribution is -2.31. The van der Waals surface area contributed by atoms with E-state index in [0.717, 1.165) is 54.3 Å². The zero-order valence-electron chi connectivity index (χ0n) is 15.2. The molecule has 0 atom stereocenters. The molecule has 27 heavy (non-hydrogen) atoms. The van der Waals surface area contributed by atoms with Crippen molar-refractivity contribution in [3.05, 3.63) is 77.4 Å². The van der Waals surface area contributed by atoms with Crippen LogP contribution in [0.3, 0.4) is 0 Å². The molecule has 6 heteroatoms. The summed E-state index contributed by atoms with van der Waals surface area (Å²) < 4.78 is 18.6. The van der Waals surface area contributed by atoms with Gasteiger partial charge in [-0.1, -0.05) is 18.2 Å². The van der Waals surface area contributed by atoms with Crippen LogP contribution >= 0.6 is 0 Å². The number of ether oxygens (including phenoxy) is 1. The van der Waals surface area contributed by atoms with E-state index in [1.54, 1.807) is 19.2 Å². The molecule has 2 aromatic carbocycles. The van der Waals surface area contributed by atoms with Crippen LogP contribution in [-0.2, 0) is 19.5 Å². The van der Waals surface area contributed by atoms with Gasteiger partial charge in [0.25, 0.3) is 0 Å². The Balaban J connectivity index is 1.44. The quantitative estimate of drug-likeness (QED) is 0.743. The Morgan fingerprint density at radius 2 is 2.07 bits per heavy atom. The van der Waals surface area contributed by atoms with Crippen LogP contribution < -0.4 is 10.1 Å². The third-order valence-corrected chi connectivity index (χ3v) is 4.63. The largest absolute Gasteiger partial charge is 0.497 e. The van der Waals surface area contributed by atoms with Gasteiger partial charge in [0.05, 0.1) is 12.8 Å². The SMILES string of the molecule is COc1cccc(Nc2ncc3c(n2)CCN(Cc2cccc(F)c2)C3)c1. The van der Waals surface area contributed by atoms with E-state index in [4.69, 9.17) is 4.74 Å². The van der Waals surface area contributed by atoms with E-state index in [1.165, 1.54) is 6.07 Å². The van der Waals surface area contributed by atoms with Crippen molar-refractivity contribution in [1.82, 2.24) is 14.9 Å². The number of methoxy groups -OCH3 is 1. The summed E-state index contributed by atoms with van der Waals surface area (Å²) in [6.45, 7) is 2.38. The van der Waals surface area contributed by atoms with Crippen molar-refractivity contribution in [2.24, 2.45) is 0 Å². The number of halogens is 1. The fraction of sp³-hybridized carbons (Fsp3) is 0.238. The molecule has 0 fully saturated rings. The number of hydrogen-bond acceptors (Lipinski definition) is 5. The molecule has 1 aliphatic rings. The van der Waals surface area contributed by atoms with Crippen LogP contribution in [0.5, 0.6) is 5.75 Å². The monoisotopic (exact) mass is 364 g/mol. The number of hydrogen-bond donors (Lipinski definition) is 1. The molecule has 1 aliphatic heterocycles. The Morgan fingerprint density at radius 3 is 2.93 bits per heavy atom. The molecule has 138 valence electrons. The minimum atomic E-state index is -0.193. The van der Waals surface area contributed by atoms with Crippen LogP contribution in [0.2, 0.25) is 0 Å². The van der Waals surface area contributed by atoms with Crippen LogP contribution in [0.1, 0.15) is 16.8 Å². The lowest BCUT2D eigenvalue weighted by molar-refractivity contribution is 0.242. The molecule has 0 saturated carbocycles. The highest BCUT2D eigenvalue weighted by molar-refractivity contribution is 5.56. The summed E-state index contributed by atoms with van der Waals surface area (Å²) in [7, 11) is 1.64. The van der Waals surface area contributed by atoms with Gasteiger partial charge in [-0.2, -0.15) is 0 Å². The predicted octanol–water partition coefficient (Wildman–Crippen LogP) is 3.93. The second-order valence-corrected chi connectivity index (χ2v) is 6.61. The Morgan fingerprint density at radius 1 is 1.19 bits per heavy atom. The molecule has 0 radical (unpaired) electrons. The van der Waals surface area contributed by atoms with E-state index in [0.29, 0.717) is 5.95 Å². The molecule has 1 N–H and O–H groups in total. The van der Waals surface area contributed by atoms with E-state index in [2.05, 4.69) is 20.2 Å². The highest BCUT2D eigenvalue weighted by atomic mass is 19.1. The van der Waals surface area contributed by atoms with Crippen molar-refractivity contribution in [3.8, 4) is 5.75 Å². The van der Waals surface area contributed by atoms with Gasteiger partial charge >= 0.3 is 0 Å². The van der Waals surface area contributed by atoms with Gasteiger partial charge in [0.15, 0.2) is 0 Å². The molecular formula is C21H21FN4O. The topological polar surface area (TPSA) is 50.3 Å². The summed E-state index contributed by atoms with van der Waals surface area (Å²) in [6.07, 6.45) is 2.72. The van der Waals surface area contributed by atoms with Crippen molar-refractivity contribution in [1.29, 1.82) is 0 Å². The van der Waals surface area contributed by atoms with Gasteiger partial charge < -0.3 is 10.1 Å². The number of aromatic nitrogens is 2. The van der Waals surface area contributed by atoms with E-state index in [1.807, 2.05) is 36.5 Å². The summed E-state index contributed by atoms with van der Waals surface area (Å²) in [5, 5.41) is 3.23. The van der Waals surface area contributed by atoms with Crippen LogP contribution in [-0.4, -0.2) is 28.5 Å². The maximum atomic E-state index is 13.4. The molecule has 1 aromatic heterocycles. The summed E-state index contributed by atoms with van der Waals surface area (Å²) in [4.78, 5) is 11.4. The van der Waals surface area contributed by atoms with Gasteiger partial charge in [0, 0.05) is 49.6 Å². The average molecular weight is 364 g/mol. The van der Waals surface area contributed by atoms with Gasteiger partial charge in [-0.15, -0.1) is 0 Å². The molecule has 4 rings (SSSR count). The minimum absolute atomic E-state index is 0.193. The smallest absolute Gasteiger partial charge is 0.227 e. The fourth-order valence-corrected chi connectivity index (χ4v) is 3.29. The number of nitrogens with one attached hydrogen (secondary N) is 1. The second-order valence-electron chi connectivity index (χ2n) is 6.61. The van der Waals surface area contributed by atoms with E-state index >= 15 is 0 Å². The maximum absolute atomic E-state index is 13.4.